The Balaban J connectivity index is 1.81. The van der Waals surface area contributed by atoms with Crippen LogP contribution in [0.3, 0.4) is 0 Å². The van der Waals surface area contributed by atoms with E-state index in [4.69, 9.17) is 0 Å². The lowest BCUT2D eigenvalue weighted by Crippen LogP contribution is -2.31. The molecule has 0 bridgehead atoms. The maximum Gasteiger partial charge on any atom is 0.269 e. The molecule has 4 nitrogen and oxygen atoms in total. The summed E-state index contributed by atoms with van der Waals surface area (Å²) in [5.41, 5.74) is 0.536. The van der Waals surface area contributed by atoms with Crippen molar-refractivity contribution in [3.05, 3.63) is 18.0 Å². The third kappa shape index (κ3) is 2.64. The van der Waals surface area contributed by atoms with Crippen LogP contribution in [0.5, 0.6) is 0 Å². The van der Waals surface area contributed by atoms with Gasteiger partial charge in [0.1, 0.15) is 5.69 Å². The van der Waals surface area contributed by atoms with Crippen molar-refractivity contribution >= 4 is 21.8 Å². The number of amides is 1. The molecule has 1 heterocycles. The van der Waals surface area contributed by atoms with Crippen molar-refractivity contribution in [2.24, 2.45) is 11.8 Å². The lowest BCUT2D eigenvalue weighted by Gasteiger charge is -2.17. The predicted octanol–water partition coefficient (Wildman–Crippen LogP) is 1.95. The van der Waals surface area contributed by atoms with Crippen LogP contribution in [0.25, 0.3) is 0 Å². The molecule has 16 heavy (non-hydrogen) atoms. The SMILES string of the molecule is O=C(NCC1CCCC1CBr)c1ccn[nH]1. The summed E-state index contributed by atoms with van der Waals surface area (Å²) in [6, 6.07) is 1.69. The van der Waals surface area contributed by atoms with Gasteiger partial charge >= 0.3 is 0 Å². The van der Waals surface area contributed by atoms with E-state index in [-0.39, 0.29) is 5.91 Å². The Kier molecular flexibility index (Phi) is 3.98. The van der Waals surface area contributed by atoms with Gasteiger partial charge < -0.3 is 5.32 Å². The van der Waals surface area contributed by atoms with Crippen LogP contribution in [0.15, 0.2) is 12.3 Å². The van der Waals surface area contributed by atoms with E-state index in [1.807, 2.05) is 0 Å². The van der Waals surface area contributed by atoms with Crippen LogP contribution >= 0.6 is 15.9 Å². The maximum atomic E-state index is 11.7. The topological polar surface area (TPSA) is 57.8 Å². The molecule has 0 radical (unpaired) electrons. The summed E-state index contributed by atoms with van der Waals surface area (Å²) >= 11 is 3.53. The number of hydrogen-bond acceptors (Lipinski definition) is 2. The molecular weight excluding hydrogens is 270 g/mol. The molecular formula is C11H16BrN3O. The first-order valence-corrected chi connectivity index (χ1v) is 6.77. The summed E-state index contributed by atoms with van der Waals surface area (Å²) in [4.78, 5) is 11.7. The van der Waals surface area contributed by atoms with Crippen LogP contribution < -0.4 is 5.32 Å². The van der Waals surface area contributed by atoms with Crippen molar-refractivity contribution in [1.82, 2.24) is 15.5 Å². The summed E-state index contributed by atoms with van der Waals surface area (Å²) in [7, 11) is 0. The zero-order valence-electron chi connectivity index (χ0n) is 9.08. The number of carbonyl (C=O) groups excluding carboxylic acids is 1. The van der Waals surface area contributed by atoms with Crippen molar-refractivity contribution in [3.63, 3.8) is 0 Å². The molecule has 0 spiro atoms. The smallest absolute Gasteiger partial charge is 0.269 e. The highest BCUT2D eigenvalue weighted by molar-refractivity contribution is 9.09. The molecule has 0 aliphatic heterocycles. The first-order valence-electron chi connectivity index (χ1n) is 5.65. The predicted molar refractivity (Wildman–Crippen MR) is 65.5 cm³/mol. The van der Waals surface area contributed by atoms with Gasteiger partial charge in [-0.15, -0.1) is 0 Å². The van der Waals surface area contributed by atoms with Crippen molar-refractivity contribution in [3.8, 4) is 0 Å². The second-order valence-electron chi connectivity index (χ2n) is 4.29. The molecule has 88 valence electrons. The summed E-state index contributed by atoms with van der Waals surface area (Å²) in [6.45, 7) is 0.772. The largest absolute Gasteiger partial charge is 0.350 e. The van der Waals surface area contributed by atoms with Crippen LogP contribution in [0.2, 0.25) is 0 Å². The van der Waals surface area contributed by atoms with Gasteiger partial charge in [0.15, 0.2) is 0 Å². The molecule has 1 amide bonds. The third-order valence-electron chi connectivity index (χ3n) is 3.28. The van der Waals surface area contributed by atoms with E-state index in [0.29, 0.717) is 17.5 Å². The first kappa shape index (κ1) is 11.6. The number of hydrogen-bond donors (Lipinski definition) is 2. The molecule has 2 atom stereocenters. The first-order chi connectivity index (χ1) is 7.81. The Hall–Kier alpha value is -0.840. The lowest BCUT2D eigenvalue weighted by atomic mass is 9.98. The van der Waals surface area contributed by atoms with Gasteiger partial charge in [0.25, 0.3) is 5.91 Å². The molecule has 1 fully saturated rings. The highest BCUT2D eigenvalue weighted by atomic mass is 79.9. The average Bonchev–Trinajstić information content (AvgIpc) is 2.96. The molecule has 0 aromatic carbocycles. The Morgan fingerprint density at radius 3 is 3.06 bits per heavy atom. The minimum absolute atomic E-state index is 0.0577. The molecule has 1 aromatic heterocycles. The van der Waals surface area contributed by atoms with Gasteiger partial charge in [-0.3, -0.25) is 9.89 Å². The van der Waals surface area contributed by atoms with Crippen molar-refractivity contribution < 1.29 is 4.79 Å². The van der Waals surface area contributed by atoms with E-state index >= 15 is 0 Å². The van der Waals surface area contributed by atoms with Crippen molar-refractivity contribution in [1.29, 1.82) is 0 Å². The van der Waals surface area contributed by atoms with Gasteiger partial charge in [0.05, 0.1) is 0 Å². The zero-order valence-corrected chi connectivity index (χ0v) is 10.7. The van der Waals surface area contributed by atoms with Crippen LogP contribution in [0, 0.1) is 11.8 Å². The van der Waals surface area contributed by atoms with Crippen molar-refractivity contribution in [2.45, 2.75) is 19.3 Å². The zero-order chi connectivity index (χ0) is 11.4. The van der Waals surface area contributed by atoms with Gasteiger partial charge in [0, 0.05) is 18.1 Å². The van der Waals surface area contributed by atoms with Crippen LogP contribution in [-0.4, -0.2) is 28.0 Å². The van der Waals surface area contributed by atoms with Gasteiger partial charge in [-0.1, -0.05) is 22.4 Å². The molecule has 2 N–H and O–H groups in total. The van der Waals surface area contributed by atoms with Gasteiger partial charge in [-0.2, -0.15) is 5.10 Å². The van der Waals surface area contributed by atoms with Gasteiger partial charge in [-0.05, 0) is 30.7 Å². The summed E-state index contributed by atoms with van der Waals surface area (Å²) in [6.07, 6.45) is 5.36. The summed E-state index contributed by atoms with van der Waals surface area (Å²) in [5.74, 6) is 1.27. The number of alkyl halides is 1. The molecule has 2 unspecified atom stereocenters. The maximum absolute atomic E-state index is 11.7. The minimum Gasteiger partial charge on any atom is -0.350 e. The van der Waals surface area contributed by atoms with E-state index < -0.39 is 0 Å². The fourth-order valence-corrected chi connectivity index (χ4v) is 3.14. The highest BCUT2D eigenvalue weighted by Gasteiger charge is 2.26. The number of nitrogens with one attached hydrogen (secondary N) is 2. The number of rotatable bonds is 4. The minimum atomic E-state index is -0.0577. The van der Waals surface area contributed by atoms with E-state index in [1.165, 1.54) is 19.3 Å². The van der Waals surface area contributed by atoms with Crippen molar-refractivity contribution in [2.75, 3.05) is 11.9 Å². The molecule has 0 saturated heterocycles. The highest BCUT2D eigenvalue weighted by Crippen LogP contribution is 2.32. The van der Waals surface area contributed by atoms with Crippen LogP contribution in [0.4, 0.5) is 0 Å². The normalized spacial score (nSPS) is 24.6. The summed E-state index contributed by atoms with van der Waals surface area (Å²) < 4.78 is 0. The van der Waals surface area contributed by atoms with Crippen LogP contribution in [0.1, 0.15) is 29.8 Å². The fourth-order valence-electron chi connectivity index (χ4n) is 2.29. The Labute approximate surface area is 103 Å². The Bertz CT molecular complexity index is 339. The third-order valence-corrected chi connectivity index (χ3v) is 4.12. The van der Waals surface area contributed by atoms with E-state index in [0.717, 1.165) is 11.9 Å². The van der Waals surface area contributed by atoms with E-state index in [1.54, 1.807) is 12.3 Å². The molecule has 2 rings (SSSR count). The Morgan fingerprint density at radius 2 is 2.38 bits per heavy atom. The van der Waals surface area contributed by atoms with E-state index in [9.17, 15) is 4.79 Å². The number of carbonyl (C=O) groups is 1. The fraction of sp³-hybridized carbons (Fsp3) is 0.636. The Morgan fingerprint density at radius 1 is 1.56 bits per heavy atom. The molecule has 5 heteroatoms. The van der Waals surface area contributed by atoms with Gasteiger partial charge in [-0.25, -0.2) is 0 Å². The molecule has 1 aromatic rings. The second-order valence-corrected chi connectivity index (χ2v) is 4.93. The number of aromatic nitrogens is 2. The quantitative estimate of drug-likeness (QED) is 0.831. The number of aromatic amines is 1. The van der Waals surface area contributed by atoms with Crippen LogP contribution in [-0.2, 0) is 0 Å². The average molecular weight is 286 g/mol. The number of halogens is 1. The number of H-pyrrole nitrogens is 1. The molecule has 1 aliphatic carbocycles. The van der Waals surface area contributed by atoms with E-state index in [2.05, 4.69) is 31.4 Å². The standard InChI is InChI=1S/C11H16BrN3O/c12-6-8-2-1-3-9(8)7-13-11(16)10-4-5-14-15-10/h4-5,8-9H,1-3,6-7H2,(H,13,16)(H,14,15). The molecule has 1 saturated carbocycles. The van der Waals surface area contributed by atoms with Gasteiger partial charge in [0.2, 0.25) is 0 Å². The summed E-state index contributed by atoms with van der Waals surface area (Å²) in [5, 5.41) is 10.4. The number of nitrogens with zero attached hydrogens (tertiary/aromatic N) is 1. The monoisotopic (exact) mass is 285 g/mol. The lowest BCUT2D eigenvalue weighted by molar-refractivity contribution is 0.0940. The molecule has 1 aliphatic rings. The second kappa shape index (κ2) is 5.48.